The van der Waals surface area contributed by atoms with E-state index >= 15 is 4.79 Å². The summed E-state index contributed by atoms with van der Waals surface area (Å²) in [4.78, 5) is 20.0. The van der Waals surface area contributed by atoms with E-state index in [0.29, 0.717) is 23.7 Å². The van der Waals surface area contributed by atoms with Crippen LogP contribution in [0.2, 0.25) is 0 Å². The van der Waals surface area contributed by atoms with E-state index in [1.165, 1.54) is 6.07 Å². The third-order valence-corrected chi connectivity index (χ3v) is 13.5. The number of halogens is 1. The van der Waals surface area contributed by atoms with Gasteiger partial charge in [0.15, 0.2) is 5.82 Å². The fourth-order valence-corrected chi connectivity index (χ4v) is 10.0. The van der Waals surface area contributed by atoms with Crippen molar-refractivity contribution >= 4 is 28.3 Å². The Labute approximate surface area is 385 Å². The van der Waals surface area contributed by atoms with E-state index < -0.39 is 5.54 Å². The number of amides is 1. The molecule has 3 heterocycles. The van der Waals surface area contributed by atoms with Gasteiger partial charge in [-0.2, -0.15) is 5.10 Å². The van der Waals surface area contributed by atoms with Gasteiger partial charge < -0.3 is 25.0 Å². The fraction of sp³-hybridized carbons (Fsp3) is 0.228. The Morgan fingerprint density at radius 3 is 1.98 bits per heavy atom. The lowest BCUT2D eigenvalue weighted by atomic mass is 9.77. The number of hydrogen-bond acceptors (Lipinski definition) is 6. The van der Waals surface area contributed by atoms with Crippen LogP contribution in [0.5, 0.6) is 5.75 Å². The molecule has 0 spiro atoms. The molecule has 2 aliphatic rings. The number of anilines is 2. The Morgan fingerprint density at radius 2 is 1.36 bits per heavy atom. The number of carbonyl (C=O) groups excluding carboxylic acids is 1. The van der Waals surface area contributed by atoms with Crippen LogP contribution < -0.4 is 10.2 Å². The van der Waals surface area contributed by atoms with Crippen LogP contribution in [0.3, 0.4) is 0 Å². The van der Waals surface area contributed by atoms with Gasteiger partial charge >= 0.3 is 0 Å². The van der Waals surface area contributed by atoms with E-state index in [1.807, 2.05) is 42.5 Å². The summed E-state index contributed by atoms with van der Waals surface area (Å²) in [6, 6.07) is 55.6. The highest BCUT2D eigenvalue weighted by molar-refractivity contribution is 6.09. The van der Waals surface area contributed by atoms with Gasteiger partial charge in [-0.05, 0) is 138 Å². The third kappa shape index (κ3) is 8.60. The number of likely N-dealkylation sites (N-methyl/N-ethyl adjacent to an activating group) is 1. The van der Waals surface area contributed by atoms with Crippen LogP contribution in [0, 0.1) is 11.7 Å². The van der Waals surface area contributed by atoms with E-state index in [1.54, 1.807) is 24.3 Å². The average Bonchev–Trinajstić information content (AvgIpc) is 3.69. The second kappa shape index (κ2) is 18.8. The van der Waals surface area contributed by atoms with Crippen LogP contribution in [-0.2, 0) is 23.1 Å². The van der Waals surface area contributed by atoms with Crippen molar-refractivity contribution in [2.45, 2.75) is 31.2 Å². The molecule has 0 atom stereocenters. The summed E-state index contributed by atoms with van der Waals surface area (Å²) in [7, 11) is 2.16. The van der Waals surface area contributed by atoms with Gasteiger partial charge in [0.25, 0.3) is 5.91 Å². The molecule has 7 aromatic carbocycles. The quantitative estimate of drug-likeness (QED) is 0.119. The molecular formula is C57H54FN5O3. The second-order valence-corrected chi connectivity index (χ2v) is 17.8. The highest BCUT2D eigenvalue weighted by Crippen LogP contribution is 2.45. The fourth-order valence-electron chi connectivity index (χ4n) is 10.0. The summed E-state index contributed by atoms with van der Waals surface area (Å²) < 4.78 is 22.6. The van der Waals surface area contributed by atoms with Crippen LogP contribution in [0.4, 0.5) is 15.9 Å². The van der Waals surface area contributed by atoms with E-state index in [-0.39, 0.29) is 17.5 Å². The SMILES string of the molecule is CN1CCN(c2ccc(C(=O)Nc3nn(C(c4ccccc4)(c4ccccc4)c4ccccc4)c4cc(-c5ccc(O)cc5)c(Cc5cccc(F)c5)cc34)c(CC3CCOCC3)c2)CC1. The number of aromatic hydroxyl groups is 1. The molecule has 0 saturated carbocycles. The summed E-state index contributed by atoms with van der Waals surface area (Å²) in [5.41, 5.74) is 8.99. The molecule has 8 nitrogen and oxygen atoms in total. The minimum absolute atomic E-state index is 0.158. The van der Waals surface area contributed by atoms with Crippen molar-refractivity contribution in [3.05, 3.63) is 215 Å². The maximum absolute atomic E-state index is 15.2. The molecule has 0 aliphatic carbocycles. The molecule has 2 aliphatic heterocycles. The smallest absolute Gasteiger partial charge is 0.257 e. The Balaban J connectivity index is 1.20. The highest BCUT2D eigenvalue weighted by atomic mass is 19.1. The number of phenolic OH excluding ortho intramolecular Hbond substituents is 1. The first-order valence-corrected chi connectivity index (χ1v) is 23.1. The Kier molecular flexibility index (Phi) is 12.2. The monoisotopic (exact) mass is 875 g/mol. The van der Waals surface area contributed by atoms with E-state index in [2.05, 4.69) is 124 Å². The first kappa shape index (κ1) is 42.9. The normalized spacial score (nSPS) is 15.0. The molecule has 0 radical (unpaired) electrons. The standard InChI is InChI=1S/C57H54FN5O3/c1-61-28-30-62(31-29-61)49-22-25-51(43(37-49)34-40-26-32-66-33-27-40)56(65)59-55-53-38-44(35-41-12-11-19-48(58)36-41)52(42-20-23-50(64)24-21-42)39-54(53)63(60-55)57(45-13-5-2-6-14-45,46-15-7-3-8-16-46)47-17-9-4-10-18-47/h2-25,36-40,64H,26-35H2,1H3,(H,59,60,65). The predicted octanol–water partition coefficient (Wildman–Crippen LogP) is 11.0. The summed E-state index contributed by atoms with van der Waals surface area (Å²) in [6.45, 7) is 5.28. The van der Waals surface area contributed by atoms with Gasteiger partial charge in [0.05, 0.1) is 5.52 Å². The van der Waals surface area contributed by atoms with Gasteiger partial charge in [-0.25, -0.2) is 9.07 Å². The first-order chi connectivity index (χ1) is 32.3. The molecule has 66 heavy (non-hydrogen) atoms. The molecule has 0 bridgehead atoms. The maximum atomic E-state index is 15.2. The van der Waals surface area contributed by atoms with Crippen LogP contribution in [0.15, 0.2) is 170 Å². The number of nitrogens with one attached hydrogen (secondary N) is 1. The van der Waals surface area contributed by atoms with Crippen molar-refractivity contribution in [2.75, 3.05) is 56.7 Å². The number of aromatic nitrogens is 2. The number of rotatable bonds is 12. The Hall–Kier alpha value is -7.07. The first-order valence-electron chi connectivity index (χ1n) is 23.1. The van der Waals surface area contributed by atoms with Crippen LogP contribution >= 0.6 is 0 Å². The minimum Gasteiger partial charge on any atom is -0.508 e. The number of ether oxygens (including phenoxy) is 1. The molecule has 2 fully saturated rings. The Morgan fingerprint density at radius 1 is 0.727 bits per heavy atom. The molecule has 8 aromatic rings. The average molecular weight is 876 g/mol. The third-order valence-electron chi connectivity index (χ3n) is 13.5. The zero-order valence-corrected chi connectivity index (χ0v) is 37.2. The molecule has 2 N–H and O–H groups in total. The van der Waals surface area contributed by atoms with Crippen molar-refractivity contribution < 1.29 is 19.0 Å². The Bertz CT molecular complexity index is 2850. The lowest BCUT2D eigenvalue weighted by Gasteiger charge is -2.37. The number of hydrogen-bond donors (Lipinski definition) is 2. The molecular weight excluding hydrogens is 822 g/mol. The van der Waals surface area contributed by atoms with E-state index in [9.17, 15) is 9.50 Å². The summed E-state index contributed by atoms with van der Waals surface area (Å²) >= 11 is 0. The topological polar surface area (TPSA) is 82.9 Å². The zero-order chi connectivity index (χ0) is 45.0. The number of fused-ring (bicyclic) bond motifs is 1. The highest BCUT2D eigenvalue weighted by Gasteiger charge is 2.41. The van der Waals surface area contributed by atoms with Gasteiger partial charge in [-0.3, -0.25) is 4.79 Å². The van der Waals surface area contributed by atoms with E-state index in [0.717, 1.165) is 120 Å². The maximum Gasteiger partial charge on any atom is 0.257 e. The summed E-state index contributed by atoms with van der Waals surface area (Å²) in [5.74, 6) is 0.437. The number of carbonyl (C=O) groups is 1. The van der Waals surface area contributed by atoms with Crippen molar-refractivity contribution in [2.24, 2.45) is 5.92 Å². The molecule has 2 saturated heterocycles. The predicted molar refractivity (Wildman–Crippen MR) is 262 cm³/mol. The van der Waals surface area contributed by atoms with Gasteiger partial charge in [0.2, 0.25) is 0 Å². The second-order valence-electron chi connectivity index (χ2n) is 17.8. The molecule has 9 heteroatoms. The molecule has 10 rings (SSSR count). The number of benzene rings is 7. The number of phenols is 1. The van der Waals surface area contributed by atoms with Gasteiger partial charge in [-0.15, -0.1) is 0 Å². The molecule has 0 unspecified atom stereocenters. The summed E-state index contributed by atoms with van der Waals surface area (Å²) in [6.07, 6.45) is 3.09. The largest absolute Gasteiger partial charge is 0.508 e. The molecule has 332 valence electrons. The lowest BCUT2D eigenvalue weighted by Crippen LogP contribution is -2.44. The van der Waals surface area contributed by atoms with Crippen molar-refractivity contribution in [3.63, 3.8) is 0 Å². The van der Waals surface area contributed by atoms with Gasteiger partial charge in [-0.1, -0.05) is 115 Å². The zero-order valence-electron chi connectivity index (χ0n) is 37.2. The lowest BCUT2D eigenvalue weighted by molar-refractivity contribution is 0.0664. The van der Waals surface area contributed by atoms with Crippen molar-refractivity contribution in [3.8, 4) is 16.9 Å². The van der Waals surface area contributed by atoms with Crippen LogP contribution in [0.1, 0.15) is 56.6 Å². The van der Waals surface area contributed by atoms with Crippen LogP contribution in [-0.4, -0.2) is 72.1 Å². The van der Waals surface area contributed by atoms with Crippen molar-refractivity contribution in [1.29, 1.82) is 0 Å². The number of piperazine rings is 1. The van der Waals surface area contributed by atoms with Crippen LogP contribution in [0.25, 0.3) is 22.0 Å². The molecule has 1 aromatic heterocycles. The minimum atomic E-state index is -1.01. The number of nitrogens with zero attached hydrogens (tertiary/aromatic N) is 4. The van der Waals surface area contributed by atoms with Gasteiger partial charge in [0.1, 0.15) is 17.1 Å². The molecule has 1 amide bonds. The van der Waals surface area contributed by atoms with Crippen molar-refractivity contribution in [1.82, 2.24) is 14.7 Å². The van der Waals surface area contributed by atoms with Gasteiger partial charge in [0, 0.05) is 56.0 Å². The van der Waals surface area contributed by atoms with E-state index in [4.69, 9.17) is 9.84 Å². The summed E-state index contributed by atoms with van der Waals surface area (Å²) in [5, 5.41) is 20.1.